The molecule has 1 aliphatic rings. The monoisotopic (exact) mass is 258 g/mol. The number of aromatic nitrogens is 2. The van der Waals surface area contributed by atoms with Crippen LogP contribution in [0.25, 0.3) is 0 Å². The standard InChI is InChI=1S/C12H19ClN2O2/c1-8-10(11(13)15(3)14-8)6-12(2,16)9-4-5-17-7-9/h9,16H,4-7H2,1-3H3. The van der Waals surface area contributed by atoms with Crippen molar-refractivity contribution in [2.45, 2.75) is 32.3 Å². The number of nitrogens with zero attached hydrogens (tertiary/aromatic N) is 2. The molecule has 4 nitrogen and oxygen atoms in total. The van der Waals surface area contributed by atoms with E-state index in [1.54, 1.807) is 4.68 Å². The maximum atomic E-state index is 10.6. The molecule has 0 radical (unpaired) electrons. The van der Waals surface area contributed by atoms with Crippen molar-refractivity contribution in [3.05, 3.63) is 16.4 Å². The van der Waals surface area contributed by atoms with Crippen LogP contribution in [0.3, 0.4) is 0 Å². The van der Waals surface area contributed by atoms with Gasteiger partial charge in [-0.1, -0.05) is 11.6 Å². The highest BCUT2D eigenvalue weighted by molar-refractivity contribution is 6.30. The van der Waals surface area contributed by atoms with Crippen molar-refractivity contribution in [2.75, 3.05) is 13.2 Å². The second-order valence-corrected chi connectivity index (χ2v) is 5.43. The quantitative estimate of drug-likeness (QED) is 0.898. The summed E-state index contributed by atoms with van der Waals surface area (Å²) in [6.45, 7) is 5.14. The largest absolute Gasteiger partial charge is 0.389 e. The van der Waals surface area contributed by atoms with E-state index in [0.717, 1.165) is 24.3 Å². The Morgan fingerprint density at radius 3 is 2.82 bits per heavy atom. The minimum Gasteiger partial charge on any atom is -0.389 e. The molecule has 0 aromatic carbocycles. The van der Waals surface area contributed by atoms with E-state index < -0.39 is 5.60 Å². The van der Waals surface area contributed by atoms with Gasteiger partial charge in [0.15, 0.2) is 0 Å². The molecule has 1 aromatic heterocycles. The Labute approximate surface area is 107 Å². The second kappa shape index (κ2) is 4.59. The zero-order valence-corrected chi connectivity index (χ0v) is 11.3. The summed E-state index contributed by atoms with van der Waals surface area (Å²) >= 11 is 6.18. The van der Waals surface area contributed by atoms with E-state index in [9.17, 15) is 5.11 Å². The fraction of sp³-hybridized carbons (Fsp3) is 0.750. The van der Waals surface area contributed by atoms with Crippen LogP contribution in [0.1, 0.15) is 24.6 Å². The highest BCUT2D eigenvalue weighted by Gasteiger charge is 2.36. The summed E-state index contributed by atoms with van der Waals surface area (Å²) in [6.07, 6.45) is 1.43. The fourth-order valence-corrected chi connectivity index (χ4v) is 2.64. The van der Waals surface area contributed by atoms with Crippen molar-refractivity contribution in [1.82, 2.24) is 9.78 Å². The van der Waals surface area contributed by atoms with Gasteiger partial charge in [0, 0.05) is 31.6 Å². The molecule has 1 aliphatic heterocycles. The zero-order valence-electron chi connectivity index (χ0n) is 10.5. The molecule has 2 heterocycles. The summed E-state index contributed by atoms with van der Waals surface area (Å²) in [4.78, 5) is 0. The van der Waals surface area contributed by atoms with Crippen molar-refractivity contribution >= 4 is 11.6 Å². The molecule has 0 spiro atoms. The fourth-order valence-electron chi connectivity index (χ4n) is 2.40. The highest BCUT2D eigenvalue weighted by atomic mass is 35.5. The molecule has 1 fully saturated rings. The summed E-state index contributed by atoms with van der Waals surface area (Å²) in [5, 5.41) is 15.4. The predicted octanol–water partition coefficient (Wildman–Crippen LogP) is 1.71. The van der Waals surface area contributed by atoms with Gasteiger partial charge in [0.05, 0.1) is 17.9 Å². The van der Waals surface area contributed by atoms with Gasteiger partial charge >= 0.3 is 0 Å². The lowest BCUT2D eigenvalue weighted by Gasteiger charge is -2.29. The Bertz CT molecular complexity index is 409. The van der Waals surface area contributed by atoms with Gasteiger partial charge in [0.2, 0.25) is 0 Å². The number of rotatable bonds is 3. The van der Waals surface area contributed by atoms with Crippen LogP contribution in [-0.2, 0) is 18.2 Å². The average Bonchev–Trinajstić information content (AvgIpc) is 2.84. The Balaban J connectivity index is 2.19. The van der Waals surface area contributed by atoms with Crippen molar-refractivity contribution in [1.29, 1.82) is 0 Å². The molecule has 2 unspecified atom stereocenters. The van der Waals surface area contributed by atoms with Crippen LogP contribution in [-0.4, -0.2) is 33.7 Å². The van der Waals surface area contributed by atoms with Crippen LogP contribution >= 0.6 is 11.6 Å². The lowest BCUT2D eigenvalue weighted by atomic mass is 9.83. The molecule has 5 heteroatoms. The number of aliphatic hydroxyl groups is 1. The van der Waals surface area contributed by atoms with Crippen LogP contribution in [0.2, 0.25) is 5.15 Å². The lowest BCUT2D eigenvalue weighted by Crippen LogP contribution is -2.37. The summed E-state index contributed by atoms with van der Waals surface area (Å²) in [5.74, 6) is 0.179. The van der Waals surface area contributed by atoms with Crippen molar-refractivity contribution in [3.8, 4) is 0 Å². The third-order valence-electron chi connectivity index (χ3n) is 3.61. The minimum absolute atomic E-state index is 0.179. The topological polar surface area (TPSA) is 47.3 Å². The van der Waals surface area contributed by atoms with E-state index >= 15 is 0 Å². The van der Waals surface area contributed by atoms with Gasteiger partial charge in [-0.3, -0.25) is 4.68 Å². The first-order chi connectivity index (χ1) is 7.92. The Kier molecular flexibility index (Phi) is 3.48. The molecule has 0 saturated carbocycles. The molecule has 96 valence electrons. The summed E-state index contributed by atoms with van der Waals surface area (Å²) in [5.41, 5.74) is 1.04. The van der Waals surface area contributed by atoms with E-state index in [4.69, 9.17) is 16.3 Å². The molecule has 2 atom stereocenters. The first-order valence-corrected chi connectivity index (χ1v) is 6.27. The van der Waals surface area contributed by atoms with Crippen molar-refractivity contribution in [2.24, 2.45) is 13.0 Å². The SMILES string of the molecule is Cc1nn(C)c(Cl)c1CC(C)(O)C1CCOC1. The molecule has 0 aliphatic carbocycles. The molecule has 2 rings (SSSR count). The molecular weight excluding hydrogens is 240 g/mol. The third kappa shape index (κ3) is 2.49. The number of aryl methyl sites for hydroxylation is 2. The molecule has 1 saturated heterocycles. The summed E-state index contributed by atoms with van der Waals surface area (Å²) in [7, 11) is 1.81. The van der Waals surface area contributed by atoms with E-state index in [1.165, 1.54) is 0 Å². The third-order valence-corrected chi connectivity index (χ3v) is 4.09. The molecule has 1 aromatic rings. The van der Waals surface area contributed by atoms with E-state index in [-0.39, 0.29) is 5.92 Å². The minimum atomic E-state index is -0.784. The first-order valence-electron chi connectivity index (χ1n) is 5.90. The molecule has 0 bridgehead atoms. The summed E-state index contributed by atoms with van der Waals surface area (Å²) in [6, 6.07) is 0. The van der Waals surface area contributed by atoms with Gasteiger partial charge in [-0.15, -0.1) is 0 Å². The normalized spacial score (nSPS) is 23.9. The van der Waals surface area contributed by atoms with Gasteiger partial charge in [0.1, 0.15) is 5.15 Å². The maximum absolute atomic E-state index is 10.6. The zero-order chi connectivity index (χ0) is 12.6. The molecule has 17 heavy (non-hydrogen) atoms. The van der Waals surface area contributed by atoms with Crippen LogP contribution in [0.15, 0.2) is 0 Å². The Morgan fingerprint density at radius 2 is 2.35 bits per heavy atom. The molecular formula is C12H19ClN2O2. The summed E-state index contributed by atoms with van der Waals surface area (Å²) < 4.78 is 6.98. The smallest absolute Gasteiger partial charge is 0.130 e. The second-order valence-electron chi connectivity index (χ2n) is 5.07. The molecule has 1 N–H and O–H groups in total. The number of hydrogen-bond donors (Lipinski definition) is 1. The van der Waals surface area contributed by atoms with Gasteiger partial charge in [0.25, 0.3) is 0 Å². The van der Waals surface area contributed by atoms with Crippen LogP contribution in [0.5, 0.6) is 0 Å². The first kappa shape index (κ1) is 12.9. The average molecular weight is 259 g/mol. The number of halogens is 1. The maximum Gasteiger partial charge on any atom is 0.130 e. The van der Waals surface area contributed by atoms with Crippen LogP contribution < -0.4 is 0 Å². The van der Waals surface area contributed by atoms with Gasteiger partial charge in [-0.25, -0.2) is 0 Å². The van der Waals surface area contributed by atoms with Crippen molar-refractivity contribution < 1.29 is 9.84 Å². The lowest BCUT2D eigenvalue weighted by molar-refractivity contribution is -0.00465. The van der Waals surface area contributed by atoms with E-state index in [1.807, 2.05) is 20.9 Å². The van der Waals surface area contributed by atoms with Crippen molar-refractivity contribution in [3.63, 3.8) is 0 Å². The van der Waals surface area contributed by atoms with E-state index in [0.29, 0.717) is 18.2 Å². The highest BCUT2D eigenvalue weighted by Crippen LogP contribution is 2.32. The van der Waals surface area contributed by atoms with E-state index in [2.05, 4.69) is 5.10 Å². The Hall–Kier alpha value is -0.580. The van der Waals surface area contributed by atoms with Crippen LogP contribution in [0, 0.1) is 12.8 Å². The van der Waals surface area contributed by atoms with Gasteiger partial charge in [-0.2, -0.15) is 5.10 Å². The van der Waals surface area contributed by atoms with Gasteiger partial charge < -0.3 is 9.84 Å². The molecule has 0 amide bonds. The van der Waals surface area contributed by atoms with Crippen LogP contribution in [0.4, 0.5) is 0 Å². The number of ether oxygens (including phenoxy) is 1. The predicted molar refractivity (Wildman–Crippen MR) is 66.2 cm³/mol. The number of hydrogen-bond acceptors (Lipinski definition) is 3. The van der Waals surface area contributed by atoms with Gasteiger partial charge in [-0.05, 0) is 20.3 Å². The Morgan fingerprint density at radius 1 is 1.65 bits per heavy atom.